The largest absolute Gasteiger partial charge is 0.493 e. The molecule has 1 unspecified atom stereocenters. The minimum atomic E-state index is 0.616. The van der Waals surface area contributed by atoms with Gasteiger partial charge < -0.3 is 14.5 Å². The van der Waals surface area contributed by atoms with Crippen LogP contribution in [0.4, 0.5) is 0 Å². The lowest BCUT2D eigenvalue weighted by Gasteiger charge is -2.22. The van der Waals surface area contributed by atoms with Crippen LogP contribution in [-0.2, 0) is 6.42 Å². The summed E-state index contributed by atoms with van der Waals surface area (Å²) in [6.07, 6.45) is 3.31. The first-order chi connectivity index (χ1) is 9.35. The molecule has 1 aromatic carbocycles. The first-order valence-corrected chi connectivity index (χ1v) is 7.08. The summed E-state index contributed by atoms with van der Waals surface area (Å²) >= 11 is 0. The van der Waals surface area contributed by atoms with E-state index in [1.807, 2.05) is 25.1 Å². The number of nitrogens with one attached hydrogen (secondary N) is 1. The number of oxazole rings is 1. The molecule has 3 rings (SSSR count). The lowest BCUT2D eigenvalue weighted by atomic mass is 10.0. The third-order valence-corrected chi connectivity index (χ3v) is 3.59. The lowest BCUT2D eigenvalue weighted by Crippen LogP contribution is -2.33. The SMILES string of the molecule is CCc1nc2ccc(OCC3CCCNC3)cc2o1. The quantitative estimate of drug-likeness (QED) is 0.918. The van der Waals surface area contributed by atoms with Crippen molar-refractivity contribution in [1.82, 2.24) is 10.3 Å². The maximum Gasteiger partial charge on any atom is 0.195 e. The highest BCUT2D eigenvalue weighted by Gasteiger charge is 2.14. The molecule has 4 heteroatoms. The molecule has 102 valence electrons. The smallest absolute Gasteiger partial charge is 0.195 e. The summed E-state index contributed by atoms with van der Waals surface area (Å²) in [5.74, 6) is 2.27. The Hall–Kier alpha value is -1.55. The van der Waals surface area contributed by atoms with Gasteiger partial charge in [0.05, 0.1) is 6.61 Å². The first kappa shape index (κ1) is 12.5. The van der Waals surface area contributed by atoms with Crippen molar-refractivity contribution >= 4 is 11.1 Å². The molecule has 4 nitrogen and oxygen atoms in total. The van der Waals surface area contributed by atoms with Gasteiger partial charge in [-0.15, -0.1) is 0 Å². The minimum Gasteiger partial charge on any atom is -0.493 e. The molecular formula is C15H20N2O2. The molecule has 0 radical (unpaired) electrons. The van der Waals surface area contributed by atoms with Crippen molar-refractivity contribution in [2.75, 3.05) is 19.7 Å². The predicted octanol–water partition coefficient (Wildman–Crippen LogP) is 2.77. The number of hydrogen-bond acceptors (Lipinski definition) is 4. The van der Waals surface area contributed by atoms with Crippen LogP contribution in [0.25, 0.3) is 11.1 Å². The molecule has 2 heterocycles. The van der Waals surface area contributed by atoms with Gasteiger partial charge in [0, 0.05) is 24.9 Å². The van der Waals surface area contributed by atoms with E-state index in [4.69, 9.17) is 9.15 Å². The Kier molecular flexibility index (Phi) is 3.69. The Bertz CT molecular complexity index is 544. The summed E-state index contributed by atoms with van der Waals surface area (Å²) in [5, 5.41) is 3.40. The molecule has 0 saturated carbocycles. The second kappa shape index (κ2) is 5.61. The summed E-state index contributed by atoms with van der Waals surface area (Å²) in [5.41, 5.74) is 1.72. The van der Waals surface area contributed by atoms with E-state index in [0.717, 1.165) is 48.9 Å². The van der Waals surface area contributed by atoms with Crippen molar-refractivity contribution in [3.05, 3.63) is 24.1 Å². The van der Waals surface area contributed by atoms with E-state index in [1.54, 1.807) is 0 Å². The minimum absolute atomic E-state index is 0.616. The number of fused-ring (bicyclic) bond motifs is 1. The Morgan fingerprint density at radius 2 is 2.42 bits per heavy atom. The Morgan fingerprint density at radius 1 is 1.47 bits per heavy atom. The van der Waals surface area contributed by atoms with Crippen LogP contribution in [0.1, 0.15) is 25.7 Å². The summed E-state index contributed by atoms with van der Waals surface area (Å²) in [6, 6.07) is 5.88. The number of hydrogen-bond donors (Lipinski definition) is 1. The predicted molar refractivity (Wildman–Crippen MR) is 74.5 cm³/mol. The molecule has 2 aromatic rings. The maximum absolute atomic E-state index is 5.87. The van der Waals surface area contributed by atoms with Gasteiger partial charge in [0.2, 0.25) is 0 Å². The zero-order valence-corrected chi connectivity index (χ0v) is 11.3. The summed E-state index contributed by atoms with van der Waals surface area (Å²) in [4.78, 5) is 4.39. The normalized spacial score (nSPS) is 19.7. The van der Waals surface area contributed by atoms with Gasteiger partial charge >= 0.3 is 0 Å². The van der Waals surface area contributed by atoms with E-state index in [1.165, 1.54) is 12.8 Å². The van der Waals surface area contributed by atoms with E-state index >= 15 is 0 Å². The first-order valence-electron chi connectivity index (χ1n) is 7.08. The third-order valence-electron chi connectivity index (χ3n) is 3.59. The molecule has 1 aromatic heterocycles. The molecule has 0 aliphatic carbocycles. The number of ether oxygens (including phenoxy) is 1. The van der Waals surface area contributed by atoms with Crippen molar-refractivity contribution in [2.45, 2.75) is 26.2 Å². The van der Waals surface area contributed by atoms with E-state index < -0.39 is 0 Å². The van der Waals surface area contributed by atoms with Crippen LogP contribution in [0.5, 0.6) is 5.75 Å². The van der Waals surface area contributed by atoms with Crippen molar-refractivity contribution in [1.29, 1.82) is 0 Å². The van der Waals surface area contributed by atoms with Crippen LogP contribution in [0, 0.1) is 5.92 Å². The molecular weight excluding hydrogens is 240 g/mol. The van der Waals surface area contributed by atoms with Crippen molar-refractivity contribution in [3.8, 4) is 5.75 Å². The number of aryl methyl sites for hydroxylation is 1. The summed E-state index contributed by atoms with van der Waals surface area (Å²) in [6.45, 7) is 5.01. The van der Waals surface area contributed by atoms with Crippen LogP contribution in [0.3, 0.4) is 0 Å². The average molecular weight is 260 g/mol. The van der Waals surface area contributed by atoms with E-state index in [9.17, 15) is 0 Å². The van der Waals surface area contributed by atoms with Gasteiger partial charge in [0.25, 0.3) is 0 Å². The molecule has 1 N–H and O–H groups in total. The van der Waals surface area contributed by atoms with Crippen LogP contribution in [0.15, 0.2) is 22.6 Å². The molecule has 1 aliphatic rings. The van der Waals surface area contributed by atoms with E-state index in [-0.39, 0.29) is 0 Å². The zero-order chi connectivity index (χ0) is 13.1. The van der Waals surface area contributed by atoms with Crippen molar-refractivity contribution in [3.63, 3.8) is 0 Å². The van der Waals surface area contributed by atoms with Gasteiger partial charge in [-0.05, 0) is 31.5 Å². The average Bonchev–Trinajstić information content (AvgIpc) is 2.88. The van der Waals surface area contributed by atoms with Crippen molar-refractivity contribution < 1.29 is 9.15 Å². The molecule has 0 spiro atoms. The molecule has 19 heavy (non-hydrogen) atoms. The fraction of sp³-hybridized carbons (Fsp3) is 0.533. The molecule has 1 aliphatic heterocycles. The van der Waals surface area contributed by atoms with E-state index in [2.05, 4.69) is 10.3 Å². The highest BCUT2D eigenvalue weighted by atomic mass is 16.5. The third kappa shape index (κ3) is 2.89. The number of benzene rings is 1. The van der Waals surface area contributed by atoms with Crippen LogP contribution >= 0.6 is 0 Å². The van der Waals surface area contributed by atoms with Gasteiger partial charge in [-0.3, -0.25) is 0 Å². The Balaban J connectivity index is 1.66. The second-order valence-electron chi connectivity index (χ2n) is 5.11. The standard InChI is InChI=1S/C15H20N2O2/c1-2-15-17-13-6-5-12(8-14(13)19-15)18-10-11-4-3-7-16-9-11/h5-6,8,11,16H,2-4,7,9-10H2,1H3. The second-order valence-corrected chi connectivity index (χ2v) is 5.11. The molecule has 0 bridgehead atoms. The van der Waals surface area contributed by atoms with Gasteiger partial charge in [0.15, 0.2) is 11.5 Å². The summed E-state index contributed by atoms with van der Waals surface area (Å²) in [7, 11) is 0. The molecule has 1 saturated heterocycles. The molecule has 0 amide bonds. The Labute approximate surface area is 113 Å². The summed E-state index contributed by atoms with van der Waals surface area (Å²) < 4.78 is 11.5. The zero-order valence-electron chi connectivity index (χ0n) is 11.3. The maximum atomic E-state index is 5.87. The highest BCUT2D eigenvalue weighted by Crippen LogP contribution is 2.23. The van der Waals surface area contributed by atoms with Crippen LogP contribution in [-0.4, -0.2) is 24.7 Å². The topological polar surface area (TPSA) is 47.3 Å². The number of nitrogens with zero attached hydrogens (tertiary/aromatic N) is 1. The van der Waals surface area contributed by atoms with Gasteiger partial charge in [-0.25, -0.2) is 4.98 Å². The molecule has 1 atom stereocenters. The van der Waals surface area contributed by atoms with E-state index in [0.29, 0.717) is 5.92 Å². The van der Waals surface area contributed by atoms with Crippen LogP contribution in [0.2, 0.25) is 0 Å². The highest BCUT2D eigenvalue weighted by molar-refractivity contribution is 5.74. The van der Waals surface area contributed by atoms with Crippen molar-refractivity contribution in [2.24, 2.45) is 5.92 Å². The number of aromatic nitrogens is 1. The Morgan fingerprint density at radius 3 is 3.21 bits per heavy atom. The number of rotatable bonds is 4. The molecule has 1 fully saturated rings. The van der Waals surface area contributed by atoms with Crippen LogP contribution < -0.4 is 10.1 Å². The van der Waals surface area contributed by atoms with Gasteiger partial charge in [-0.2, -0.15) is 0 Å². The lowest BCUT2D eigenvalue weighted by molar-refractivity contribution is 0.218. The fourth-order valence-electron chi connectivity index (χ4n) is 2.47. The number of piperidine rings is 1. The van der Waals surface area contributed by atoms with Gasteiger partial charge in [0.1, 0.15) is 11.3 Å². The fourth-order valence-corrected chi connectivity index (χ4v) is 2.47. The van der Waals surface area contributed by atoms with Gasteiger partial charge in [-0.1, -0.05) is 6.92 Å². The monoisotopic (exact) mass is 260 g/mol.